The second-order valence-electron chi connectivity index (χ2n) is 3.84. The van der Waals surface area contributed by atoms with E-state index in [1.165, 1.54) is 11.8 Å². The minimum absolute atomic E-state index is 0.263. The van der Waals surface area contributed by atoms with Gasteiger partial charge >= 0.3 is 0 Å². The van der Waals surface area contributed by atoms with Crippen LogP contribution in [0.25, 0.3) is 0 Å². The fraction of sp³-hybridized carbons (Fsp3) is 0.545. The molecule has 6 heteroatoms. The monoisotopic (exact) mass is 252 g/mol. The number of hydrogen-bond donors (Lipinski definition) is 1. The smallest absolute Gasteiger partial charge is 0.222 e. The molecule has 1 fully saturated rings. The molecule has 0 atom stereocenters. The Labute approximate surface area is 105 Å². The number of hydrogen-bond acceptors (Lipinski definition) is 5. The van der Waals surface area contributed by atoms with Crippen molar-refractivity contribution in [2.45, 2.75) is 18.0 Å². The van der Waals surface area contributed by atoms with Crippen molar-refractivity contribution >= 4 is 23.5 Å². The molecule has 0 spiro atoms. The molecule has 0 saturated carbocycles. The highest BCUT2D eigenvalue weighted by Crippen LogP contribution is 2.11. The summed E-state index contributed by atoms with van der Waals surface area (Å²) in [7, 11) is 0. The standard InChI is InChI=1S/C11H16N4OS/c1-17-11-13-5-4-9(14-11)12-6-8-15-7-2-3-10(15)16/h4-5H,2-3,6-8H2,1H3,(H,12,13,14). The van der Waals surface area contributed by atoms with Crippen molar-refractivity contribution in [1.82, 2.24) is 14.9 Å². The first kappa shape index (κ1) is 12.2. The molecule has 5 nitrogen and oxygen atoms in total. The van der Waals surface area contributed by atoms with Crippen LogP contribution < -0.4 is 5.32 Å². The molecule has 2 heterocycles. The van der Waals surface area contributed by atoms with Gasteiger partial charge in [0.15, 0.2) is 5.16 Å². The number of nitrogens with zero attached hydrogens (tertiary/aromatic N) is 3. The third-order valence-electron chi connectivity index (χ3n) is 2.68. The number of nitrogens with one attached hydrogen (secondary N) is 1. The van der Waals surface area contributed by atoms with Gasteiger partial charge in [0.25, 0.3) is 0 Å². The van der Waals surface area contributed by atoms with E-state index in [-0.39, 0.29) is 5.91 Å². The third-order valence-corrected chi connectivity index (χ3v) is 3.24. The highest BCUT2D eigenvalue weighted by Gasteiger charge is 2.18. The Morgan fingerprint density at radius 2 is 2.47 bits per heavy atom. The van der Waals surface area contributed by atoms with E-state index in [0.29, 0.717) is 6.42 Å². The van der Waals surface area contributed by atoms with Crippen LogP contribution in [-0.4, -0.2) is 46.7 Å². The molecule has 1 N–H and O–H groups in total. The van der Waals surface area contributed by atoms with Crippen LogP contribution in [0.15, 0.2) is 17.4 Å². The number of likely N-dealkylation sites (tertiary alicyclic amines) is 1. The molecule has 17 heavy (non-hydrogen) atoms. The summed E-state index contributed by atoms with van der Waals surface area (Å²) in [6.45, 7) is 2.37. The molecule has 0 radical (unpaired) electrons. The molecule has 2 rings (SSSR count). The van der Waals surface area contributed by atoms with Crippen LogP contribution in [0.1, 0.15) is 12.8 Å². The summed E-state index contributed by atoms with van der Waals surface area (Å²) in [5.74, 6) is 1.08. The molecular weight excluding hydrogens is 236 g/mol. The summed E-state index contributed by atoms with van der Waals surface area (Å²) >= 11 is 1.52. The summed E-state index contributed by atoms with van der Waals surface area (Å²) in [5, 5.41) is 3.97. The number of carbonyl (C=O) groups excluding carboxylic acids is 1. The van der Waals surface area contributed by atoms with Gasteiger partial charge < -0.3 is 10.2 Å². The van der Waals surface area contributed by atoms with E-state index in [2.05, 4.69) is 15.3 Å². The summed E-state index contributed by atoms with van der Waals surface area (Å²) in [6.07, 6.45) is 5.37. The first-order chi connectivity index (χ1) is 8.29. The van der Waals surface area contributed by atoms with Gasteiger partial charge in [-0.1, -0.05) is 11.8 Å². The number of amides is 1. The van der Waals surface area contributed by atoms with E-state index in [4.69, 9.17) is 0 Å². The summed E-state index contributed by atoms with van der Waals surface area (Å²) in [5.41, 5.74) is 0. The molecule has 0 aliphatic carbocycles. The van der Waals surface area contributed by atoms with Crippen molar-refractivity contribution in [3.05, 3.63) is 12.3 Å². The Bertz CT molecular complexity index is 399. The van der Waals surface area contributed by atoms with Crippen molar-refractivity contribution in [2.24, 2.45) is 0 Å². The average molecular weight is 252 g/mol. The molecular formula is C11H16N4OS. The van der Waals surface area contributed by atoms with Crippen LogP contribution in [0.3, 0.4) is 0 Å². The van der Waals surface area contributed by atoms with Crippen molar-refractivity contribution in [3.8, 4) is 0 Å². The molecule has 1 aliphatic rings. The summed E-state index contributed by atoms with van der Waals surface area (Å²) in [4.78, 5) is 21.7. The number of carbonyl (C=O) groups is 1. The van der Waals surface area contributed by atoms with Crippen LogP contribution >= 0.6 is 11.8 Å². The van der Waals surface area contributed by atoms with Crippen LogP contribution in [0.4, 0.5) is 5.82 Å². The lowest BCUT2D eigenvalue weighted by Crippen LogP contribution is -2.30. The quantitative estimate of drug-likeness (QED) is 0.631. The zero-order chi connectivity index (χ0) is 12.1. The Morgan fingerprint density at radius 3 is 3.18 bits per heavy atom. The van der Waals surface area contributed by atoms with E-state index in [9.17, 15) is 4.79 Å². The van der Waals surface area contributed by atoms with Gasteiger partial charge in [-0.2, -0.15) is 0 Å². The van der Waals surface area contributed by atoms with Crippen LogP contribution in [-0.2, 0) is 4.79 Å². The van der Waals surface area contributed by atoms with Crippen LogP contribution in [0, 0.1) is 0 Å². The van der Waals surface area contributed by atoms with Gasteiger partial charge in [-0.15, -0.1) is 0 Å². The second kappa shape index (κ2) is 5.86. The molecule has 1 aromatic rings. The average Bonchev–Trinajstić information content (AvgIpc) is 2.76. The first-order valence-corrected chi connectivity index (χ1v) is 6.91. The number of anilines is 1. The fourth-order valence-electron chi connectivity index (χ4n) is 1.80. The first-order valence-electron chi connectivity index (χ1n) is 5.68. The fourth-order valence-corrected chi connectivity index (χ4v) is 2.15. The highest BCUT2D eigenvalue weighted by molar-refractivity contribution is 7.98. The summed E-state index contributed by atoms with van der Waals surface area (Å²) in [6, 6.07) is 1.84. The maximum atomic E-state index is 11.4. The Hall–Kier alpha value is -1.30. The van der Waals surface area contributed by atoms with E-state index in [1.807, 2.05) is 17.2 Å². The normalized spacial score (nSPS) is 15.4. The van der Waals surface area contributed by atoms with Crippen LogP contribution in [0.2, 0.25) is 0 Å². The zero-order valence-corrected chi connectivity index (χ0v) is 10.7. The minimum atomic E-state index is 0.263. The van der Waals surface area contributed by atoms with Crippen molar-refractivity contribution in [1.29, 1.82) is 0 Å². The lowest BCUT2D eigenvalue weighted by Gasteiger charge is -2.15. The Balaban J connectivity index is 1.79. The zero-order valence-electron chi connectivity index (χ0n) is 9.85. The molecule has 0 bridgehead atoms. The van der Waals surface area contributed by atoms with Gasteiger partial charge in [0.1, 0.15) is 5.82 Å². The van der Waals surface area contributed by atoms with Gasteiger partial charge in [-0.3, -0.25) is 4.79 Å². The van der Waals surface area contributed by atoms with Gasteiger partial charge in [0, 0.05) is 32.3 Å². The lowest BCUT2D eigenvalue weighted by atomic mass is 10.4. The van der Waals surface area contributed by atoms with Gasteiger partial charge in [0.2, 0.25) is 5.91 Å². The van der Waals surface area contributed by atoms with Crippen molar-refractivity contribution in [2.75, 3.05) is 31.2 Å². The number of thioether (sulfide) groups is 1. The SMILES string of the molecule is CSc1nccc(NCCN2CCCC2=O)n1. The van der Waals surface area contributed by atoms with Gasteiger partial charge in [-0.05, 0) is 18.7 Å². The predicted octanol–water partition coefficient (Wildman–Crippen LogP) is 1.23. The molecule has 0 aromatic carbocycles. The van der Waals surface area contributed by atoms with Crippen molar-refractivity contribution < 1.29 is 4.79 Å². The highest BCUT2D eigenvalue weighted by atomic mass is 32.2. The molecule has 0 unspecified atom stereocenters. The molecule has 92 valence electrons. The molecule has 1 amide bonds. The van der Waals surface area contributed by atoms with Gasteiger partial charge in [0.05, 0.1) is 0 Å². The third kappa shape index (κ3) is 3.33. The molecule has 1 saturated heterocycles. The largest absolute Gasteiger partial charge is 0.368 e. The Morgan fingerprint density at radius 1 is 1.59 bits per heavy atom. The maximum absolute atomic E-state index is 11.4. The van der Waals surface area contributed by atoms with E-state index >= 15 is 0 Å². The van der Waals surface area contributed by atoms with Crippen molar-refractivity contribution in [3.63, 3.8) is 0 Å². The van der Waals surface area contributed by atoms with E-state index in [1.54, 1.807) is 6.20 Å². The van der Waals surface area contributed by atoms with E-state index < -0.39 is 0 Å². The second-order valence-corrected chi connectivity index (χ2v) is 4.61. The maximum Gasteiger partial charge on any atom is 0.222 e. The topological polar surface area (TPSA) is 58.1 Å². The molecule has 1 aromatic heterocycles. The van der Waals surface area contributed by atoms with E-state index in [0.717, 1.165) is 37.0 Å². The van der Waals surface area contributed by atoms with Gasteiger partial charge in [-0.25, -0.2) is 9.97 Å². The van der Waals surface area contributed by atoms with Crippen LogP contribution in [0.5, 0.6) is 0 Å². The summed E-state index contributed by atoms with van der Waals surface area (Å²) < 4.78 is 0. The lowest BCUT2D eigenvalue weighted by molar-refractivity contribution is -0.127. The Kier molecular flexibility index (Phi) is 4.19. The minimum Gasteiger partial charge on any atom is -0.368 e. The number of rotatable bonds is 5. The predicted molar refractivity (Wildman–Crippen MR) is 68.1 cm³/mol. The molecule has 1 aliphatic heterocycles. The number of aromatic nitrogens is 2.